The number of hydrogen-bond acceptors (Lipinski definition) is 1. The van der Waals surface area contributed by atoms with Gasteiger partial charge in [-0.15, -0.1) is 0 Å². The molecule has 0 radical (unpaired) electrons. The SMILES string of the molecule is CC1CC2=CCCCC(C1)O2. The molecule has 0 amide bonds. The minimum absolute atomic E-state index is 0.549. The molecular formula is C10H16O. The Balaban J connectivity index is 2.10. The maximum Gasteiger partial charge on any atom is 0.0985 e. The molecule has 11 heavy (non-hydrogen) atoms. The first-order valence-corrected chi connectivity index (χ1v) is 4.70. The molecule has 62 valence electrons. The van der Waals surface area contributed by atoms with E-state index in [0.29, 0.717) is 6.10 Å². The maximum atomic E-state index is 5.78. The molecule has 0 N–H and O–H groups in total. The summed E-state index contributed by atoms with van der Waals surface area (Å²) in [7, 11) is 0. The van der Waals surface area contributed by atoms with Crippen LogP contribution < -0.4 is 0 Å². The molecule has 2 aliphatic heterocycles. The summed E-state index contributed by atoms with van der Waals surface area (Å²) in [6, 6.07) is 0. The lowest BCUT2D eigenvalue weighted by atomic mass is 9.95. The molecule has 1 saturated heterocycles. The molecule has 0 spiro atoms. The Morgan fingerprint density at radius 1 is 1.55 bits per heavy atom. The molecular weight excluding hydrogens is 136 g/mol. The van der Waals surface area contributed by atoms with Gasteiger partial charge in [0.15, 0.2) is 0 Å². The third-order valence-corrected chi connectivity index (χ3v) is 2.64. The lowest BCUT2D eigenvalue weighted by Crippen LogP contribution is -2.21. The van der Waals surface area contributed by atoms with Gasteiger partial charge in [0, 0.05) is 6.42 Å². The first kappa shape index (κ1) is 7.20. The van der Waals surface area contributed by atoms with Crippen molar-refractivity contribution in [2.45, 2.75) is 45.1 Å². The van der Waals surface area contributed by atoms with Crippen LogP contribution in [0.2, 0.25) is 0 Å². The molecule has 2 bridgehead atoms. The lowest BCUT2D eigenvalue weighted by molar-refractivity contribution is 0.0489. The smallest absolute Gasteiger partial charge is 0.0985 e. The van der Waals surface area contributed by atoms with Gasteiger partial charge in [-0.25, -0.2) is 0 Å². The fourth-order valence-corrected chi connectivity index (χ4v) is 2.10. The van der Waals surface area contributed by atoms with Gasteiger partial charge in [0.05, 0.1) is 11.9 Å². The Hall–Kier alpha value is -0.460. The van der Waals surface area contributed by atoms with E-state index in [1.54, 1.807) is 0 Å². The fraction of sp³-hybridized carbons (Fsp3) is 0.800. The summed E-state index contributed by atoms with van der Waals surface area (Å²) >= 11 is 0. The summed E-state index contributed by atoms with van der Waals surface area (Å²) in [5, 5.41) is 0. The van der Waals surface area contributed by atoms with E-state index in [1.807, 2.05) is 0 Å². The molecule has 2 rings (SSSR count). The van der Waals surface area contributed by atoms with E-state index in [9.17, 15) is 0 Å². The molecule has 0 aromatic carbocycles. The van der Waals surface area contributed by atoms with Crippen molar-refractivity contribution in [3.63, 3.8) is 0 Å². The molecule has 0 aromatic heterocycles. The van der Waals surface area contributed by atoms with Crippen molar-refractivity contribution in [3.8, 4) is 0 Å². The van der Waals surface area contributed by atoms with Crippen LogP contribution in [0.1, 0.15) is 39.0 Å². The summed E-state index contributed by atoms with van der Waals surface area (Å²) in [5.74, 6) is 2.12. The van der Waals surface area contributed by atoms with Gasteiger partial charge in [-0.1, -0.05) is 6.92 Å². The van der Waals surface area contributed by atoms with E-state index < -0.39 is 0 Å². The molecule has 2 atom stereocenters. The Labute approximate surface area is 68.4 Å². The molecule has 1 heteroatoms. The highest BCUT2D eigenvalue weighted by Gasteiger charge is 2.24. The molecule has 2 heterocycles. The van der Waals surface area contributed by atoms with Gasteiger partial charge < -0.3 is 4.74 Å². The predicted molar refractivity (Wildman–Crippen MR) is 45.2 cm³/mol. The van der Waals surface area contributed by atoms with Crippen LogP contribution >= 0.6 is 0 Å². The largest absolute Gasteiger partial charge is 0.495 e. The van der Waals surface area contributed by atoms with Crippen molar-refractivity contribution in [1.82, 2.24) is 0 Å². The number of rotatable bonds is 0. The van der Waals surface area contributed by atoms with E-state index in [4.69, 9.17) is 4.74 Å². The van der Waals surface area contributed by atoms with Crippen LogP contribution in [0, 0.1) is 5.92 Å². The van der Waals surface area contributed by atoms with Gasteiger partial charge in [0.2, 0.25) is 0 Å². The number of allylic oxidation sites excluding steroid dienone is 2. The van der Waals surface area contributed by atoms with Crippen molar-refractivity contribution in [1.29, 1.82) is 0 Å². The molecule has 0 aromatic rings. The Morgan fingerprint density at radius 2 is 2.45 bits per heavy atom. The third-order valence-electron chi connectivity index (χ3n) is 2.64. The Kier molecular flexibility index (Phi) is 1.89. The van der Waals surface area contributed by atoms with Crippen molar-refractivity contribution in [2.24, 2.45) is 5.92 Å². The fourth-order valence-electron chi connectivity index (χ4n) is 2.10. The average molecular weight is 152 g/mol. The van der Waals surface area contributed by atoms with E-state index >= 15 is 0 Å². The van der Waals surface area contributed by atoms with Crippen molar-refractivity contribution in [2.75, 3.05) is 0 Å². The van der Waals surface area contributed by atoms with Crippen molar-refractivity contribution >= 4 is 0 Å². The Morgan fingerprint density at radius 3 is 3.36 bits per heavy atom. The summed E-state index contributed by atoms with van der Waals surface area (Å²) in [6.07, 6.45) is 9.11. The van der Waals surface area contributed by atoms with Crippen LogP contribution in [0.3, 0.4) is 0 Å². The van der Waals surface area contributed by atoms with Gasteiger partial charge in [-0.3, -0.25) is 0 Å². The minimum atomic E-state index is 0.549. The van der Waals surface area contributed by atoms with Gasteiger partial charge in [-0.05, 0) is 37.7 Å². The van der Waals surface area contributed by atoms with Gasteiger partial charge in [-0.2, -0.15) is 0 Å². The first-order chi connectivity index (χ1) is 5.34. The Bertz CT molecular complexity index is 172. The third kappa shape index (κ3) is 1.58. The van der Waals surface area contributed by atoms with Crippen LogP contribution in [0.15, 0.2) is 11.8 Å². The normalized spacial score (nSPS) is 37.0. The van der Waals surface area contributed by atoms with E-state index in [0.717, 1.165) is 5.92 Å². The van der Waals surface area contributed by atoms with Crippen LogP contribution in [0.4, 0.5) is 0 Å². The summed E-state index contributed by atoms with van der Waals surface area (Å²) in [5.41, 5.74) is 0. The summed E-state index contributed by atoms with van der Waals surface area (Å²) < 4.78 is 5.78. The lowest BCUT2D eigenvalue weighted by Gasteiger charge is -2.28. The number of ether oxygens (including phenoxy) is 1. The van der Waals surface area contributed by atoms with E-state index in [-0.39, 0.29) is 0 Å². The zero-order chi connectivity index (χ0) is 7.68. The average Bonchev–Trinajstić information content (AvgIpc) is 2.11. The summed E-state index contributed by atoms with van der Waals surface area (Å²) in [6.45, 7) is 2.33. The molecule has 1 fully saturated rings. The highest BCUT2D eigenvalue weighted by Crippen LogP contribution is 2.32. The number of hydrogen-bond donors (Lipinski definition) is 0. The second-order valence-corrected chi connectivity index (χ2v) is 3.89. The van der Waals surface area contributed by atoms with Crippen LogP contribution in [-0.2, 0) is 4.74 Å². The van der Waals surface area contributed by atoms with Gasteiger partial charge >= 0.3 is 0 Å². The second-order valence-electron chi connectivity index (χ2n) is 3.89. The maximum absolute atomic E-state index is 5.78. The predicted octanol–water partition coefficient (Wildman–Crippen LogP) is 2.87. The van der Waals surface area contributed by atoms with Gasteiger partial charge in [0.1, 0.15) is 0 Å². The van der Waals surface area contributed by atoms with E-state index in [2.05, 4.69) is 13.0 Å². The highest BCUT2D eigenvalue weighted by atomic mass is 16.5. The first-order valence-electron chi connectivity index (χ1n) is 4.70. The molecule has 0 saturated carbocycles. The quantitative estimate of drug-likeness (QED) is 0.518. The number of fused-ring (bicyclic) bond motifs is 2. The monoisotopic (exact) mass is 152 g/mol. The minimum Gasteiger partial charge on any atom is -0.495 e. The highest BCUT2D eigenvalue weighted by molar-refractivity contribution is 5.00. The standard InChI is InChI=1S/C10H16O/c1-8-6-9-4-2-3-5-10(7-8)11-9/h4,8,10H,2-3,5-7H2,1H3. The van der Waals surface area contributed by atoms with Crippen LogP contribution in [0.25, 0.3) is 0 Å². The second kappa shape index (κ2) is 2.88. The zero-order valence-corrected chi connectivity index (χ0v) is 7.18. The summed E-state index contributed by atoms with van der Waals surface area (Å²) in [4.78, 5) is 0. The zero-order valence-electron chi connectivity index (χ0n) is 7.18. The molecule has 2 aliphatic rings. The van der Waals surface area contributed by atoms with Crippen molar-refractivity contribution in [3.05, 3.63) is 11.8 Å². The van der Waals surface area contributed by atoms with E-state index in [1.165, 1.54) is 37.9 Å². The molecule has 0 aliphatic carbocycles. The van der Waals surface area contributed by atoms with Crippen LogP contribution in [-0.4, -0.2) is 6.10 Å². The van der Waals surface area contributed by atoms with Gasteiger partial charge in [0.25, 0.3) is 0 Å². The molecule has 2 unspecified atom stereocenters. The molecule has 1 nitrogen and oxygen atoms in total. The van der Waals surface area contributed by atoms with Crippen LogP contribution in [0.5, 0.6) is 0 Å². The topological polar surface area (TPSA) is 9.23 Å². The van der Waals surface area contributed by atoms with Crippen molar-refractivity contribution < 1.29 is 4.74 Å².